The van der Waals surface area contributed by atoms with Gasteiger partial charge in [-0.3, -0.25) is 4.98 Å². The van der Waals surface area contributed by atoms with Gasteiger partial charge in [-0.05, 0) is 36.4 Å². The van der Waals surface area contributed by atoms with E-state index in [4.69, 9.17) is 24.2 Å². The number of carbonyl (C=O) groups is 1. The number of anilines is 3. The molecule has 12 nitrogen and oxygen atoms in total. The number of hydrogen-bond acceptors (Lipinski definition) is 9. The number of ether oxygens (including phenoxy) is 3. The first-order valence-electron chi connectivity index (χ1n) is 12.3. The average molecular weight is 515 g/mol. The van der Waals surface area contributed by atoms with E-state index in [1.807, 2.05) is 28.8 Å². The standard InChI is InChI=1S/C26H26N8O4/c35-26(30-20-5-8-27-9-6-20)29-19-3-1-18(2-4-19)23-31-24(33-11-13-36-14-12-33)22-25(32-23)34(17-28-22)10-7-21-37-15-16-38-21/h1-6,8-9,15-17,21H,7,10-14H2,(H2,27,29,30,35). The molecule has 0 aliphatic carbocycles. The van der Waals surface area contributed by atoms with E-state index in [0.29, 0.717) is 43.4 Å². The summed E-state index contributed by atoms with van der Waals surface area (Å²) in [5.41, 5.74) is 3.60. The van der Waals surface area contributed by atoms with Crippen molar-refractivity contribution in [1.29, 1.82) is 0 Å². The third kappa shape index (κ3) is 5.20. The van der Waals surface area contributed by atoms with Gasteiger partial charge >= 0.3 is 6.03 Å². The molecule has 0 spiro atoms. The smallest absolute Gasteiger partial charge is 0.323 e. The van der Waals surface area contributed by atoms with E-state index >= 15 is 0 Å². The van der Waals surface area contributed by atoms with Crippen molar-refractivity contribution in [2.45, 2.75) is 19.3 Å². The summed E-state index contributed by atoms with van der Waals surface area (Å²) in [5, 5.41) is 5.61. The SMILES string of the molecule is O=C(Nc1ccncc1)Nc1ccc(-c2nc(N3CCOCC3)c3ncn(CCC4OC=CO4)c3n2)cc1. The van der Waals surface area contributed by atoms with Gasteiger partial charge in [0.25, 0.3) is 0 Å². The van der Waals surface area contributed by atoms with E-state index in [2.05, 4.69) is 25.5 Å². The molecule has 1 saturated heterocycles. The minimum absolute atomic E-state index is 0.316. The maximum Gasteiger partial charge on any atom is 0.323 e. The van der Waals surface area contributed by atoms with Crippen LogP contribution in [-0.4, -0.2) is 63.1 Å². The molecule has 5 heterocycles. The van der Waals surface area contributed by atoms with Crippen LogP contribution >= 0.6 is 0 Å². The maximum absolute atomic E-state index is 12.4. The minimum atomic E-state index is -0.342. The first kappa shape index (κ1) is 23.7. The molecule has 0 saturated carbocycles. The van der Waals surface area contributed by atoms with Crippen LogP contribution in [0.15, 0.2) is 67.6 Å². The molecule has 1 aromatic carbocycles. The first-order chi connectivity index (χ1) is 18.7. The van der Waals surface area contributed by atoms with Crippen molar-refractivity contribution in [3.05, 3.63) is 67.6 Å². The van der Waals surface area contributed by atoms with Gasteiger partial charge in [-0.15, -0.1) is 0 Å². The van der Waals surface area contributed by atoms with Crippen LogP contribution in [0.1, 0.15) is 6.42 Å². The number of urea groups is 1. The fourth-order valence-electron chi connectivity index (χ4n) is 4.30. The summed E-state index contributed by atoms with van der Waals surface area (Å²) in [6, 6.07) is 10.5. The Balaban J connectivity index is 1.25. The van der Waals surface area contributed by atoms with Crippen molar-refractivity contribution in [3.8, 4) is 11.4 Å². The van der Waals surface area contributed by atoms with E-state index in [-0.39, 0.29) is 12.3 Å². The van der Waals surface area contributed by atoms with Gasteiger partial charge < -0.3 is 34.3 Å². The van der Waals surface area contributed by atoms with E-state index in [1.165, 1.54) is 0 Å². The highest BCUT2D eigenvalue weighted by Crippen LogP contribution is 2.28. The molecule has 6 rings (SSSR count). The lowest BCUT2D eigenvalue weighted by Gasteiger charge is -2.28. The largest absolute Gasteiger partial charge is 0.459 e. The Kier molecular flexibility index (Phi) is 6.68. The summed E-state index contributed by atoms with van der Waals surface area (Å²) in [5.74, 6) is 1.35. The zero-order valence-corrected chi connectivity index (χ0v) is 20.5. The van der Waals surface area contributed by atoms with Gasteiger partial charge in [-0.2, -0.15) is 0 Å². The van der Waals surface area contributed by atoms with Crippen molar-refractivity contribution < 1.29 is 19.0 Å². The molecular formula is C26H26N8O4. The molecule has 2 aliphatic heterocycles. The monoisotopic (exact) mass is 514 g/mol. The molecular weight excluding hydrogens is 488 g/mol. The Labute approximate surface area is 218 Å². The summed E-state index contributed by atoms with van der Waals surface area (Å²) >= 11 is 0. The number of amides is 2. The Morgan fingerprint density at radius 3 is 2.39 bits per heavy atom. The number of fused-ring (bicyclic) bond motifs is 1. The number of hydrogen-bond donors (Lipinski definition) is 2. The van der Waals surface area contributed by atoms with Gasteiger partial charge in [-0.25, -0.2) is 19.7 Å². The lowest BCUT2D eigenvalue weighted by Crippen LogP contribution is -2.37. The normalized spacial score (nSPS) is 15.3. The van der Waals surface area contributed by atoms with Crippen molar-refractivity contribution in [2.24, 2.45) is 0 Å². The van der Waals surface area contributed by atoms with Crippen molar-refractivity contribution in [3.63, 3.8) is 0 Å². The predicted octanol–water partition coefficient (Wildman–Crippen LogP) is 3.60. The van der Waals surface area contributed by atoms with Gasteiger partial charge in [0.05, 0.1) is 19.5 Å². The molecule has 4 aromatic rings. The van der Waals surface area contributed by atoms with E-state index in [9.17, 15) is 4.79 Å². The second-order valence-electron chi connectivity index (χ2n) is 8.74. The summed E-state index contributed by atoms with van der Waals surface area (Å²) in [6.07, 6.45) is 8.45. The highest BCUT2D eigenvalue weighted by Gasteiger charge is 2.22. The topological polar surface area (TPSA) is 129 Å². The van der Waals surface area contributed by atoms with Gasteiger partial charge in [0.1, 0.15) is 12.5 Å². The molecule has 0 unspecified atom stereocenters. The first-order valence-corrected chi connectivity index (χ1v) is 12.3. The number of benzene rings is 1. The maximum atomic E-state index is 12.4. The summed E-state index contributed by atoms with van der Waals surface area (Å²) in [7, 11) is 0. The number of aromatic nitrogens is 5. The Morgan fingerprint density at radius 1 is 0.947 bits per heavy atom. The molecule has 1 fully saturated rings. The Bertz CT molecular complexity index is 1430. The lowest BCUT2D eigenvalue weighted by atomic mass is 10.2. The fourth-order valence-corrected chi connectivity index (χ4v) is 4.30. The van der Waals surface area contributed by atoms with Gasteiger partial charge in [-0.1, -0.05) is 0 Å². The zero-order valence-electron chi connectivity index (χ0n) is 20.5. The van der Waals surface area contributed by atoms with Crippen LogP contribution in [0.3, 0.4) is 0 Å². The van der Waals surface area contributed by atoms with E-state index in [1.54, 1.807) is 43.4 Å². The molecule has 2 amide bonds. The van der Waals surface area contributed by atoms with Gasteiger partial charge in [0.2, 0.25) is 6.29 Å². The van der Waals surface area contributed by atoms with Crippen molar-refractivity contribution >= 4 is 34.4 Å². The number of aryl methyl sites for hydroxylation is 1. The predicted molar refractivity (Wildman–Crippen MR) is 140 cm³/mol. The van der Waals surface area contributed by atoms with Crippen LogP contribution < -0.4 is 15.5 Å². The summed E-state index contributed by atoms with van der Waals surface area (Å²) in [4.78, 5) is 32.9. The minimum Gasteiger partial charge on any atom is -0.459 e. The number of pyridine rings is 1. The fraction of sp³-hybridized carbons (Fsp3) is 0.269. The number of imidazole rings is 1. The van der Waals surface area contributed by atoms with Crippen LogP contribution in [0.5, 0.6) is 0 Å². The summed E-state index contributed by atoms with van der Waals surface area (Å²) in [6.45, 7) is 3.34. The second kappa shape index (κ2) is 10.7. The molecule has 2 N–H and O–H groups in total. The number of nitrogens with zero attached hydrogens (tertiary/aromatic N) is 6. The van der Waals surface area contributed by atoms with E-state index < -0.39 is 0 Å². The molecule has 2 aliphatic rings. The van der Waals surface area contributed by atoms with Crippen molar-refractivity contribution in [1.82, 2.24) is 24.5 Å². The third-order valence-corrected chi connectivity index (χ3v) is 6.22. The molecule has 3 aromatic heterocycles. The molecule has 0 radical (unpaired) electrons. The number of morpholine rings is 1. The van der Waals surface area contributed by atoms with E-state index in [0.717, 1.165) is 35.6 Å². The van der Waals surface area contributed by atoms with Gasteiger partial charge in [0, 0.05) is 55.4 Å². The second-order valence-corrected chi connectivity index (χ2v) is 8.74. The molecule has 194 valence electrons. The van der Waals surface area contributed by atoms with Crippen LogP contribution in [0.2, 0.25) is 0 Å². The summed E-state index contributed by atoms with van der Waals surface area (Å²) < 4.78 is 18.4. The van der Waals surface area contributed by atoms with Crippen molar-refractivity contribution in [2.75, 3.05) is 41.8 Å². The van der Waals surface area contributed by atoms with Crippen LogP contribution in [0.4, 0.5) is 22.0 Å². The highest BCUT2D eigenvalue weighted by molar-refractivity contribution is 5.99. The third-order valence-electron chi connectivity index (χ3n) is 6.22. The highest BCUT2D eigenvalue weighted by atomic mass is 16.7. The average Bonchev–Trinajstić information content (AvgIpc) is 3.63. The van der Waals surface area contributed by atoms with Crippen LogP contribution in [0.25, 0.3) is 22.6 Å². The number of nitrogens with one attached hydrogen (secondary N) is 2. The zero-order chi connectivity index (χ0) is 25.7. The molecule has 0 atom stereocenters. The molecule has 0 bridgehead atoms. The van der Waals surface area contributed by atoms with Gasteiger partial charge in [0.15, 0.2) is 22.8 Å². The molecule has 38 heavy (non-hydrogen) atoms. The van der Waals surface area contributed by atoms with Crippen LogP contribution in [0, 0.1) is 0 Å². The number of carbonyl (C=O) groups excluding carboxylic acids is 1. The lowest BCUT2D eigenvalue weighted by molar-refractivity contribution is -0.0304. The Hall–Kier alpha value is -4.71. The quantitative estimate of drug-likeness (QED) is 0.380. The molecule has 12 heteroatoms. The Morgan fingerprint density at radius 2 is 1.66 bits per heavy atom. The van der Waals surface area contributed by atoms with Crippen LogP contribution in [-0.2, 0) is 20.8 Å². The number of rotatable bonds is 7.